The van der Waals surface area contributed by atoms with Crippen LogP contribution >= 0.6 is 0 Å². The maximum Gasteiger partial charge on any atom is 0.336 e. The third-order valence-corrected chi connectivity index (χ3v) is 5.38. The van der Waals surface area contributed by atoms with Crippen molar-refractivity contribution in [3.63, 3.8) is 0 Å². The second-order valence-electron chi connectivity index (χ2n) is 8.47. The highest BCUT2D eigenvalue weighted by Crippen LogP contribution is 2.47. The van der Waals surface area contributed by atoms with Crippen molar-refractivity contribution in [3.8, 4) is 22.6 Å². The van der Waals surface area contributed by atoms with Crippen LogP contribution < -0.4 is 10.4 Å². The van der Waals surface area contributed by atoms with Crippen molar-refractivity contribution in [1.82, 2.24) is 0 Å². The Morgan fingerprint density at radius 1 is 1.19 bits per heavy atom. The molecule has 0 saturated carbocycles. The van der Waals surface area contributed by atoms with Crippen molar-refractivity contribution < 1.29 is 24.2 Å². The Morgan fingerprint density at radius 2 is 1.90 bits per heavy atom. The van der Waals surface area contributed by atoms with E-state index in [-0.39, 0.29) is 52.8 Å². The molecule has 4 rings (SSSR count). The first-order valence-corrected chi connectivity index (χ1v) is 10.2. The fraction of sp³-hybridized carbons (Fsp3) is 0.280. The number of aromatic hydroxyl groups is 1. The first kappa shape index (κ1) is 20.9. The van der Waals surface area contributed by atoms with Crippen LogP contribution in [0.4, 0.5) is 0 Å². The summed E-state index contributed by atoms with van der Waals surface area (Å²) in [6, 6.07) is 10.4. The molecular weight excluding hydrogens is 396 g/mol. The number of carbonyl (C=O) groups excluding carboxylic acids is 1. The van der Waals surface area contributed by atoms with Gasteiger partial charge < -0.3 is 19.4 Å². The van der Waals surface area contributed by atoms with Crippen LogP contribution in [0.3, 0.4) is 0 Å². The molecule has 1 aliphatic heterocycles. The van der Waals surface area contributed by atoms with Crippen LogP contribution in [-0.2, 0) is 0 Å². The van der Waals surface area contributed by atoms with Crippen LogP contribution in [0.5, 0.6) is 11.5 Å². The van der Waals surface area contributed by atoms with Gasteiger partial charge in [-0.1, -0.05) is 37.3 Å². The zero-order valence-electron chi connectivity index (χ0n) is 17.6. The highest BCUT2D eigenvalue weighted by atomic mass is 16.5. The van der Waals surface area contributed by atoms with Gasteiger partial charge >= 0.3 is 5.63 Å². The number of phenols is 1. The maximum atomic E-state index is 13.2. The van der Waals surface area contributed by atoms with Gasteiger partial charge in [0.1, 0.15) is 22.7 Å². The number of benzene rings is 2. The number of fused-ring (bicyclic) bond motifs is 3. The van der Waals surface area contributed by atoms with Crippen molar-refractivity contribution in [2.24, 2.45) is 5.92 Å². The second-order valence-corrected chi connectivity index (χ2v) is 8.47. The van der Waals surface area contributed by atoms with Gasteiger partial charge in [-0.15, -0.1) is 0 Å². The average Bonchev–Trinajstić information content (AvgIpc) is 2.72. The Labute approximate surface area is 179 Å². The van der Waals surface area contributed by atoms with Crippen molar-refractivity contribution in [3.05, 3.63) is 64.0 Å². The zero-order valence-corrected chi connectivity index (χ0v) is 17.6. The van der Waals surface area contributed by atoms with Crippen LogP contribution in [0.1, 0.15) is 43.1 Å². The smallest absolute Gasteiger partial charge is 0.336 e. The van der Waals surface area contributed by atoms with Gasteiger partial charge in [0.2, 0.25) is 0 Å². The molecule has 2 N–H and O–H groups in total. The van der Waals surface area contributed by atoms with Gasteiger partial charge in [0.25, 0.3) is 0 Å². The summed E-state index contributed by atoms with van der Waals surface area (Å²) in [6.07, 6.45) is 3.60. The van der Waals surface area contributed by atoms with Gasteiger partial charge in [-0.25, -0.2) is 4.79 Å². The molecule has 3 aromatic rings. The Bertz CT molecular complexity index is 1250. The highest BCUT2D eigenvalue weighted by Gasteiger charge is 2.33. The van der Waals surface area contributed by atoms with E-state index in [0.717, 1.165) is 0 Å². The number of hydrogen-bond donors (Lipinski definition) is 2. The van der Waals surface area contributed by atoms with Gasteiger partial charge in [-0.3, -0.25) is 4.79 Å². The summed E-state index contributed by atoms with van der Waals surface area (Å²) in [5.41, 5.74) is 0.514. The zero-order chi connectivity index (χ0) is 22.3. The lowest BCUT2D eigenvalue weighted by Crippen LogP contribution is -2.29. The molecule has 0 fully saturated rings. The number of hydrogen-bond acceptors (Lipinski definition) is 6. The largest absolute Gasteiger partial charge is 0.506 e. The van der Waals surface area contributed by atoms with E-state index in [2.05, 4.69) is 0 Å². The summed E-state index contributed by atoms with van der Waals surface area (Å²) >= 11 is 0. The molecule has 31 heavy (non-hydrogen) atoms. The number of aliphatic hydroxyl groups is 1. The lowest BCUT2D eigenvalue weighted by molar-refractivity contribution is 0.0928. The molecule has 160 valence electrons. The number of aliphatic hydroxyl groups excluding tert-OH is 1. The lowest BCUT2D eigenvalue weighted by atomic mass is 9.90. The Kier molecular flexibility index (Phi) is 5.19. The van der Waals surface area contributed by atoms with Crippen molar-refractivity contribution >= 4 is 22.8 Å². The number of rotatable bonds is 5. The molecule has 0 amide bonds. The van der Waals surface area contributed by atoms with Gasteiger partial charge in [0.15, 0.2) is 11.4 Å². The van der Waals surface area contributed by atoms with E-state index >= 15 is 0 Å². The topological polar surface area (TPSA) is 97.0 Å². The minimum Gasteiger partial charge on any atom is -0.506 e. The summed E-state index contributed by atoms with van der Waals surface area (Å²) in [5.74, 6) is -0.750. The van der Waals surface area contributed by atoms with E-state index < -0.39 is 11.2 Å². The maximum absolute atomic E-state index is 13.2. The number of Topliss-reactive ketones (excluding diaryl/α,β-unsaturated/α-hetero) is 1. The number of ketones is 1. The van der Waals surface area contributed by atoms with Gasteiger partial charge in [-0.05, 0) is 37.5 Å². The van der Waals surface area contributed by atoms with E-state index in [1.165, 1.54) is 6.07 Å². The predicted molar refractivity (Wildman–Crippen MR) is 119 cm³/mol. The first-order valence-electron chi connectivity index (χ1n) is 10.2. The molecule has 2 aromatic carbocycles. The summed E-state index contributed by atoms with van der Waals surface area (Å²) in [7, 11) is 0. The lowest BCUT2D eigenvalue weighted by Gasteiger charge is -2.30. The summed E-state index contributed by atoms with van der Waals surface area (Å²) in [5, 5.41) is 21.0. The molecule has 6 heteroatoms. The van der Waals surface area contributed by atoms with Crippen LogP contribution in [0.25, 0.3) is 28.2 Å². The van der Waals surface area contributed by atoms with Crippen molar-refractivity contribution in [1.29, 1.82) is 0 Å². The second kappa shape index (κ2) is 7.71. The Balaban J connectivity index is 2.11. The molecule has 0 spiro atoms. The molecule has 0 aliphatic carbocycles. The van der Waals surface area contributed by atoms with Gasteiger partial charge in [0, 0.05) is 24.7 Å². The average molecular weight is 420 g/mol. The monoisotopic (exact) mass is 420 g/mol. The molecule has 1 aliphatic rings. The van der Waals surface area contributed by atoms with Crippen LogP contribution in [0.2, 0.25) is 0 Å². The van der Waals surface area contributed by atoms with Crippen LogP contribution in [0.15, 0.2) is 51.7 Å². The SMILES string of the molecule is C[C@H](CO)CC(=O)c1c2c(c3oc(=O)cc(-c4ccccc4)c3c1O)C=CC(C)(C)O2. The molecule has 2 heterocycles. The van der Waals surface area contributed by atoms with E-state index in [1.807, 2.05) is 50.3 Å². The van der Waals surface area contributed by atoms with Crippen LogP contribution in [0, 0.1) is 5.92 Å². The van der Waals surface area contributed by atoms with Crippen LogP contribution in [-0.4, -0.2) is 28.2 Å². The standard InChI is InChI=1S/C25H24O6/c1-14(13-26)11-18(27)21-22(29)20-17(15-7-5-4-6-8-15)12-19(28)30-23(20)16-9-10-25(2,3)31-24(16)21/h4-10,12,14,26,29H,11,13H2,1-3H3/t14-/m0/s1. The van der Waals surface area contributed by atoms with Crippen molar-refractivity contribution in [2.75, 3.05) is 6.61 Å². The molecule has 1 atom stereocenters. The molecule has 0 saturated heterocycles. The molecule has 0 bridgehead atoms. The molecule has 6 nitrogen and oxygen atoms in total. The molecule has 1 aromatic heterocycles. The third kappa shape index (κ3) is 3.75. The van der Waals surface area contributed by atoms with E-state index in [1.54, 1.807) is 13.0 Å². The Hall–Kier alpha value is -3.38. The summed E-state index contributed by atoms with van der Waals surface area (Å²) in [4.78, 5) is 25.6. The fourth-order valence-electron chi connectivity index (χ4n) is 3.81. The van der Waals surface area contributed by atoms with E-state index in [0.29, 0.717) is 16.7 Å². The third-order valence-electron chi connectivity index (χ3n) is 5.38. The number of carbonyl (C=O) groups is 1. The molecular formula is C25H24O6. The number of ether oxygens (including phenoxy) is 1. The Morgan fingerprint density at radius 3 is 2.58 bits per heavy atom. The number of phenolic OH excluding ortho intramolecular Hbond substituents is 1. The van der Waals surface area contributed by atoms with Crippen molar-refractivity contribution in [2.45, 2.75) is 32.8 Å². The van der Waals surface area contributed by atoms with E-state index in [4.69, 9.17) is 9.15 Å². The minimum absolute atomic E-state index is 0.0336. The normalized spacial score (nSPS) is 15.4. The minimum atomic E-state index is -0.720. The predicted octanol–water partition coefficient (Wildman–Crippen LogP) is 4.55. The molecule has 0 radical (unpaired) electrons. The van der Waals surface area contributed by atoms with Gasteiger partial charge in [-0.2, -0.15) is 0 Å². The summed E-state index contributed by atoms with van der Waals surface area (Å²) in [6.45, 7) is 5.25. The highest BCUT2D eigenvalue weighted by molar-refractivity contribution is 6.13. The van der Waals surface area contributed by atoms with E-state index in [9.17, 15) is 19.8 Å². The quantitative estimate of drug-likeness (QED) is 0.464. The molecule has 0 unspecified atom stereocenters. The fourth-order valence-corrected chi connectivity index (χ4v) is 3.81. The first-order chi connectivity index (χ1) is 14.7. The van der Waals surface area contributed by atoms with Gasteiger partial charge in [0.05, 0.1) is 10.9 Å². The summed E-state index contributed by atoms with van der Waals surface area (Å²) < 4.78 is 11.6.